The second kappa shape index (κ2) is 10.2. The van der Waals surface area contributed by atoms with Crippen molar-refractivity contribution in [2.45, 2.75) is 24.7 Å². The van der Waals surface area contributed by atoms with Crippen LogP contribution in [0.2, 0.25) is 5.02 Å². The van der Waals surface area contributed by atoms with Crippen LogP contribution in [0.15, 0.2) is 46.3 Å². The third-order valence-electron chi connectivity index (χ3n) is 4.87. The summed E-state index contributed by atoms with van der Waals surface area (Å²) in [5, 5.41) is 4.34. The van der Waals surface area contributed by atoms with Crippen LogP contribution in [0.4, 0.5) is 0 Å². The van der Waals surface area contributed by atoms with E-state index in [1.165, 1.54) is 11.8 Å². The van der Waals surface area contributed by atoms with Gasteiger partial charge in [-0.25, -0.2) is 4.98 Å². The van der Waals surface area contributed by atoms with Gasteiger partial charge >= 0.3 is 0 Å². The lowest BCUT2D eigenvalue weighted by Crippen LogP contribution is -2.27. The van der Waals surface area contributed by atoms with E-state index < -0.39 is 0 Å². The number of hydrogen-bond donors (Lipinski definition) is 1. The maximum absolute atomic E-state index is 13.0. The third-order valence-corrected chi connectivity index (χ3v) is 6.08. The van der Waals surface area contributed by atoms with Gasteiger partial charge in [-0.3, -0.25) is 14.2 Å². The molecule has 0 fully saturated rings. The van der Waals surface area contributed by atoms with Crippen LogP contribution in [-0.2, 0) is 22.6 Å². The van der Waals surface area contributed by atoms with Crippen LogP contribution in [0.1, 0.15) is 12.0 Å². The average molecular weight is 476 g/mol. The van der Waals surface area contributed by atoms with Crippen LogP contribution < -0.4 is 20.3 Å². The quantitative estimate of drug-likeness (QED) is 0.288. The van der Waals surface area contributed by atoms with Crippen LogP contribution >= 0.6 is 23.4 Å². The van der Waals surface area contributed by atoms with Crippen molar-refractivity contribution in [2.24, 2.45) is 0 Å². The Balaban J connectivity index is 1.45. The largest absolute Gasteiger partial charge is 0.454 e. The number of carbonyl (C=O) groups excluding carboxylic acids is 1. The summed E-state index contributed by atoms with van der Waals surface area (Å²) in [6.07, 6.45) is 0.654. The number of methoxy groups -OCH3 is 1. The van der Waals surface area contributed by atoms with E-state index in [2.05, 4.69) is 10.3 Å². The Morgan fingerprint density at radius 1 is 1.25 bits per heavy atom. The van der Waals surface area contributed by atoms with Crippen LogP contribution in [0, 0.1) is 0 Å². The molecule has 32 heavy (non-hydrogen) atoms. The summed E-state index contributed by atoms with van der Waals surface area (Å²) in [6.45, 7) is 1.53. The van der Waals surface area contributed by atoms with Crippen LogP contribution in [0.5, 0.6) is 11.5 Å². The Bertz CT molecular complexity index is 1200. The zero-order valence-electron chi connectivity index (χ0n) is 17.4. The molecule has 168 valence electrons. The van der Waals surface area contributed by atoms with Crippen molar-refractivity contribution in [1.29, 1.82) is 0 Å². The summed E-state index contributed by atoms with van der Waals surface area (Å²) in [7, 11) is 1.61. The summed E-state index contributed by atoms with van der Waals surface area (Å²) in [5.74, 6) is 1.32. The number of halogens is 1. The maximum atomic E-state index is 13.0. The molecule has 1 aromatic heterocycles. The van der Waals surface area contributed by atoms with Crippen molar-refractivity contribution in [3.05, 3.63) is 57.3 Å². The molecular formula is C22H22ClN3O5S. The molecule has 1 aliphatic heterocycles. The second-order valence-electron chi connectivity index (χ2n) is 7.11. The van der Waals surface area contributed by atoms with Crippen molar-refractivity contribution in [3.8, 4) is 11.5 Å². The topological polar surface area (TPSA) is 91.7 Å². The SMILES string of the molecule is COCCCn1c(SCC(=O)NCc2ccc3c(c2)OCO3)nc2cc(Cl)ccc2c1=O. The Hall–Kier alpha value is -2.75. The minimum Gasteiger partial charge on any atom is -0.454 e. The van der Waals surface area contributed by atoms with Crippen LogP contribution in [0.25, 0.3) is 10.9 Å². The van der Waals surface area contributed by atoms with E-state index in [0.29, 0.717) is 58.7 Å². The number of nitrogens with one attached hydrogen (secondary N) is 1. The molecule has 0 aliphatic carbocycles. The highest BCUT2D eigenvalue weighted by atomic mass is 35.5. The number of benzene rings is 2. The van der Waals surface area contributed by atoms with E-state index in [0.717, 1.165) is 5.56 Å². The van der Waals surface area contributed by atoms with Gasteiger partial charge in [-0.2, -0.15) is 0 Å². The van der Waals surface area contributed by atoms with Crippen molar-refractivity contribution >= 4 is 40.2 Å². The van der Waals surface area contributed by atoms with E-state index in [4.69, 9.17) is 25.8 Å². The highest BCUT2D eigenvalue weighted by Crippen LogP contribution is 2.32. The molecule has 10 heteroatoms. The van der Waals surface area contributed by atoms with Gasteiger partial charge in [0.25, 0.3) is 5.56 Å². The molecule has 2 heterocycles. The lowest BCUT2D eigenvalue weighted by molar-refractivity contribution is -0.118. The smallest absolute Gasteiger partial charge is 0.262 e. The minimum absolute atomic E-state index is 0.118. The molecular weight excluding hydrogens is 454 g/mol. The van der Waals surface area contributed by atoms with E-state index in [1.807, 2.05) is 18.2 Å². The van der Waals surface area contributed by atoms with Gasteiger partial charge in [0, 0.05) is 31.8 Å². The van der Waals surface area contributed by atoms with Gasteiger partial charge in [-0.1, -0.05) is 29.4 Å². The normalized spacial score (nSPS) is 12.3. The fraction of sp³-hybridized carbons (Fsp3) is 0.318. The molecule has 0 unspecified atom stereocenters. The van der Waals surface area contributed by atoms with Gasteiger partial charge in [-0.15, -0.1) is 0 Å². The Morgan fingerprint density at radius 3 is 2.94 bits per heavy atom. The van der Waals surface area contributed by atoms with Crippen molar-refractivity contribution in [1.82, 2.24) is 14.9 Å². The molecule has 4 rings (SSSR count). The summed E-state index contributed by atoms with van der Waals surface area (Å²) in [6, 6.07) is 10.5. The van der Waals surface area contributed by atoms with Gasteiger partial charge < -0.3 is 19.5 Å². The molecule has 1 aliphatic rings. The van der Waals surface area contributed by atoms with Gasteiger partial charge in [0.2, 0.25) is 12.7 Å². The van der Waals surface area contributed by atoms with Gasteiger partial charge in [-0.05, 0) is 42.3 Å². The first-order valence-electron chi connectivity index (χ1n) is 10.0. The first kappa shape index (κ1) is 22.4. The lowest BCUT2D eigenvalue weighted by Gasteiger charge is -2.13. The van der Waals surface area contributed by atoms with Gasteiger partial charge in [0.15, 0.2) is 16.7 Å². The van der Waals surface area contributed by atoms with Gasteiger partial charge in [0.05, 0.1) is 16.7 Å². The Kier molecular flexibility index (Phi) is 7.19. The number of carbonyl (C=O) groups is 1. The summed E-state index contributed by atoms with van der Waals surface area (Å²) in [5.41, 5.74) is 1.25. The monoisotopic (exact) mass is 475 g/mol. The first-order chi connectivity index (χ1) is 15.5. The van der Waals surface area contributed by atoms with Crippen LogP contribution in [-0.4, -0.2) is 41.7 Å². The summed E-state index contributed by atoms with van der Waals surface area (Å²) >= 11 is 7.29. The average Bonchev–Trinajstić information content (AvgIpc) is 3.25. The first-order valence-corrected chi connectivity index (χ1v) is 11.4. The van der Waals surface area contributed by atoms with E-state index >= 15 is 0 Å². The predicted molar refractivity (Wildman–Crippen MR) is 123 cm³/mol. The summed E-state index contributed by atoms with van der Waals surface area (Å²) in [4.78, 5) is 30.1. The summed E-state index contributed by atoms with van der Waals surface area (Å²) < 4.78 is 17.4. The molecule has 0 saturated heterocycles. The van der Waals surface area contributed by atoms with E-state index in [1.54, 1.807) is 29.9 Å². The number of rotatable bonds is 9. The molecule has 3 aromatic rings. The zero-order chi connectivity index (χ0) is 22.5. The zero-order valence-corrected chi connectivity index (χ0v) is 19.0. The van der Waals surface area contributed by atoms with Crippen molar-refractivity contribution in [3.63, 3.8) is 0 Å². The molecule has 8 nitrogen and oxygen atoms in total. The molecule has 0 bridgehead atoms. The molecule has 0 atom stereocenters. The molecule has 1 N–H and O–H groups in total. The molecule has 1 amide bonds. The Labute approximate surface area is 193 Å². The number of fused-ring (bicyclic) bond motifs is 2. The van der Waals surface area contributed by atoms with Crippen molar-refractivity contribution < 1.29 is 19.0 Å². The molecule has 0 radical (unpaired) electrons. The van der Waals surface area contributed by atoms with Crippen LogP contribution in [0.3, 0.4) is 0 Å². The minimum atomic E-state index is -0.170. The highest BCUT2D eigenvalue weighted by Gasteiger charge is 2.15. The number of hydrogen-bond acceptors (Lipinski definition) is 7. The number of amides is 1. The molecule has 0 saturated carbocycles. The van der Waals surface area contributed by atoms with E-state index in [-0.39, 0.29) is 24.0 Å². The van der Waals surface area contributed by atoms with Gasteiger partial charge in [0.1, 0.15) is 0 Å². The third kappa shape index (κ3) is 5.17. The number of aromatic nitrogens is 2. The highest BCUT2D eigenvalue weighted by molar-refractivity contribution is 7.99. The Morgan fingerprint density at radius 2 is 2.09 bits per heavy atom. The standard InChI is InChI=1S/C22H22ClN3O5S/c1-29-8-2-7-26-21(28)16-5-4-15(23)10-17(16)25-22(26)32-12-20(27)24-11-14-3-6-18-19(9-14)31-13-30-18/h3-6,9-10H,2,7-8,11-13H2,1H3,(H,24,27). The fourth-order valence-corrected chi connectivity index (χ4v) is 4.30. The molecule has 2 aromatic carbocycles. The fourth-order valence-electron chi connectivity index (χ4n) is 3.28. The maximum Gasteiger partial charge on any atom is 0.262 e. The number of nitrogens with zero attached hydrogens (tertiary/aromatic N) is 2. The molecule has 0 spiro atoms. The number of thioether (sulfide) groups is 1. The predicted octanol–water partition coefficient (Wildman–Crippen LogP) is 3.22. The number of ether oxygens (including phenoxy) is 3. The second-order valence-corrected chi connectivity index (χ2v) is 8.49. The van der Waals surface area contributed by atoms with Crippen molar-refractivity contribution in [2.75, 3.05) is 26.3 Å². The lowest BCUT2D eigenvalue weighted by atomic mass is 10.2. The van der Waals surface area contributed by atoms with E-state index in [9.17, 15) is 9.59 Å².